The Morgan fingerprint density at radius 3 is 2.71 bits per heavy atom. The maximum absolute atomic E-state index is 11.5. The number of carbonyl (C=O) groups excluding carboxylic acids is 1. The molecule has 1 amide bonds. The number of hydrogen-bond donors (Lipinski definition) is 1. The summed E-state index contributed by atoms with van der Waals surface area (Å²) in [5.74, 6) is 0.709. The molecule has 0 bridgehead atoms. The van der Waals surface area contributed by atoms with E-state index in [-0.39, 0.29) is 18.4 Å². The standard InChI is InChI=1S/C32H39N7O3/c1-21-6-3-7-22-8-4-10-27(29(21)22)38-16-12-25-26(19-38)35-32(41-20-24-9-5-15-37(24)2)36-30(25)39-17-13-28(42-31(34)40)23(18-39)11-14-33/h3-4,6-8,10,23-24,28H,5,9,11-13,15-20H2,1-2H3,(H2,34,40)/t23-,24?,28+/m0/s1. The van der Waals surface area contributed by atoms with Crippen LogP contribution in [0.4, 0.5) is 16.3 Å². The summed E-state index contributed by atoms with van der Waals surface area (Å²) < 4.78 is 11.7. The number of aryl methyl sites for hydroxylation is 1. The second kappa shape index (κ2) is 12.0. The summed E-state index contributed by atoms with van der Waals surface area (Å²) in [5, 5.41) is 12.0. The van der Waals surface area contributed by atoms with Gasteiger partial charge in [0.1, 0.15) is 18.5 Å². The molecule has 10 nitrogen and oxygen atoms in total. The second-order valence-corrected chi connectivity index (χ2v) is 11.8. The van der Waals surface area contributed by atoms with Crippen molar-refractivity contribution in [3.63, 3.8) is 0 Å². The van der Waals surface area contributed by atoms with Crippen molar-refractivity contribution in [2.45, 2.75) is 57.7 Å². The number of rotatable bonds is 7. The van der Waals surface area contributed by atoms with Crippen LogP contribution in [-0.2, 0) is 17.7 Å². The number of primary amides is 1. The minimum Gasteiger partial charge on any atom is -0.462 e. The Bertz CT molecular complexity index is 1500. The smallest absolute Gasteiger partial charge is 0.404 e. The Hall–Kier alpha value is -4.10. The largest absolute Gasteiger partial charge is 0.462 e. The molecule has 2 N–H and O–H groups in total. The number of carbonyl (C=O) groups is 1. The zero-order valence-electron chi connectivity index (χ0n) is 24.5. The molecule has 10 heteroatoms. The van der Waals surface area contributed by atoms with E-state index in [0.29, 0.717) is 44.7 Å². The van der Waals surface area contributed by atoms with Gasteiger partial charge in [0.05, 0.1) is 18.3 Å². The van der Waals surface area contributed by atoms with Crippen molar-refractivity contribution in [1.29, 1.82) is 5.26 Å². The van der Waals surface area contributed by atoms with Gasteiger partial charge in [-0.1, -0.05) is 30.3 Å². The molecule has 3 aromatic rings. The number of fused-ring (bicyclic) bond motifs is 2. The van der Waals surface area contributed by atoms with Gasteiger partial charge in [-0.2, -0.15) is 15.2 Å². The highest BCUT2D eigenvalue weighted by molar-refractivity contribution is 5.97. The molecule has 3 atom stereocenters. The van der Waals surface area contributed by atoms with Crippen LogP contribution in [0.25, 0.3) is 10.8 Å². The topological polar surface area (TPSA) is 121 Å². The van der Waals surface area contributed by atoms with Crippen LogP contribution in [-0.4, -0.2) is 72.9 Å². The van der Waals surface area contributed by atoms with E-state index in [0.717, 1.165) is 43.0 Å². The zero-order chi connectivity index (χ0) is 29.2. The number of likely N-dealkylation sites (N-methyl/N-ethyl adjacent to an activating group) is 1. The van der Waals surface area contributed by atoms with E-state index >= 15 is 0 Å². The summed E-state index contributed by atoms with van der Waals surface area (Å²) in [6.07, 6.45) is 2.74. The molecule has 6 rings (SSSR count). The summed E-state index contributed by atoms with van der Waals surface area (Å²) in [5.41, 5.74) is 9.90. The number of anilines is 2. The summed E-state index contributed by atoms with van der Waals surface area (Å²) in [6.45, 7) is 6.47. The van der Waals surface area contributed by atoms with Crippen molar-refractivity contribution < 1.29 is 14.3 Å². The third kappa shape index (κ3) is 5.66. The van der Waals surface area contributed by atoms with Gasteiger partial charge in [-0.25, -0.2) is 4.79 Å². The normalized spacial score (nSPS) is 22.5. The van der Waals surface area contributed by atoms with Crippen molar-refractivity contribution in [3.05, 3.63) is 53.2 Å². The molecule has 3 aliphatic heterocycles. The van der Waals surface area contributed by atoms with E-state index in [1.807, 2.05) is 0 Å². The van der Waals surface area contributed by atoms with Crippen LogP contribution in [0.5, 0.6) is 6.01 Å². The predicted molar refractivity (Wildman–Crippen MR) is 162 cm³/mol. The highest BCUT2D eigenvalue weighted by atomic mass is 16.6. The molecule has 2 aromatic carbocycles. The molecule has 2 fully saturated rings. The Balaban J connectivity index is 1.33. The lowest BCUT2D eigenvalue weighted by atomic mass is 9.91. The SMILES string of the molecule is Cc1cccc2cccc(N3CCc4c(nc(OCC5CCCN5C)nc4N4CC[C@@H](OC(N)=O)[C@@H](CC#N)C4)C3)c12. The summed E-state index contributed by atoms with van der Waals surface area (Å²) in [4.78, 5) is 28.4. The highest BCUT2D eigenvalue weighted by Crippen LogP contribution is 2.37. The van der Waals surface area contributed by atoms with E-state index in [9.17, 15) is 10.1 Å². The van der Waals surface area contributed by atoms with Gasteiger partial charge in [-0.05, 0) is 56.8 Å². The first-order valence-corrected chi connectivity index (χ1v) is 15.0. The Kier molecular flexibility index (Phi) is 8.02. The molecule has 0 radical (unpaired) electrons. The molecular formula is C32H39N7O3. The van der Waals surface area contributed by atoms with Crippen molar-refractivity contribution in [2.24, 2.45) is 11.7 Å². The number of ether oxygens (including phenoxy) is 2. The van der Waals surface area contributed by atoms with Crippen molar-refractivity contribution in [3.8, 4) is 12.1 Å². The number of likely N-dealkylation sites (tertiary alicyclic amines) is 1. The first kappa shape index (κ1) is 28.0. The molecule has 0 saturated carbocycles. The Morgan fingerprint density at radius 1 is 1.12 bits per heavy atom. The minimum absolute atomic E-state index is 0.155. The average molecular weight is 570 g/mol. The van der Waals surface area contributed by atoms with Crippen LogP contribution >= 0.6 is 0 Å². The van der Waals surface area contributed by atoms with Gasteiger partial charge in [0.2, 0.25) is 0 Å². The van der Waals surface area contributed by atoms with Gasteiger partial charge >= 0.3 is 12.1 Å². The molecule has 1 aromatic heterocycles. The number of hydrogen-bond acceptors (Lipinski definition) is 9. The number of piperidine rings is 1. The fraction of sp³-hybridized carbons (Fsp3) is 0.500. The average Bonchev–Trinajstić information content (AvgIpc) is 3.40. The number of aromatic nitrogens is 2. The van der Waals surface area contributed by atoms with E-state index in [1.165, 1.54) is 28.4 Å². The maximum atomic E-state index is 11.5. The summed E-state index contributed by atoms with van der Waals surface area (Å²) in [6, 6.07) is 15.9. The van der Waals surface area contributed by atoms with E-state index in [1.54, 1.807) is 0 Å². The van der Waals surface area contributed by atoms with E-state index < -0.39 is 6.09 Å². The molecule has 220 valence electrons. The molecule has 42 heavy (non-hydrogen) atoms. The lowest BCUT2D eigenvalue weighted by Gasteiger charge is -2.39. The van der Waals surface area contributed by atoms with Gasteiger partial charge in [0.15, 0.2) is 0 Å². The van der Waals surface area contributed by atoms with Gasteiger partial charge in [0.25, 0.3) is 0 Å². The fourth-order valence-electron chi connectivity index (χ4n) is 6.87. The molecule has 0 aliphatic carbocycles. The Labute approximate surface area is 247 Å². The summed E-state index contributed by atoms with van der Waals surface area (Å²) in [7, 11) is 2.14. The molecule has 0 spiro atoms. The molecular weight excluding hydrogens is 530 g/mol. The van der Waals surface area contributed by atoms with Crippen molar-refractivity contribution in [2.75, 3.05) is 49.6 Å². The third-order valence-electron chi connectivity index (χ3n) is 9.12. The molecule has 4 heterocycles. The lowest BCUT2D eigenvalue weighted by molar-refractivity contribution is 0.0567. The van der Waals surface area contributed by atoms with Crippen LogP contribution in [0, 0.1) is 24.2 Å². The first-order chi connectivity index (χ1) is 20.4. The monoisotopic (exact) mass is 569 g/mol. The lowest BCUT2D eigenvalue weighted by Crippen LogP contribution is -2.46. The number of amides is 1. The minimum atomic E-state index is -0.799. The van der Waals surface area contributed by atoms with Gasteiger partial charge in [-0.15, -0.1) is 0 Å². The highest BCUT2D eigenvalue weighted by Gasteiger charge is 2.35. The summed E-state index contributed by atoms with van der Waals surface area (Å²) >= 11 is 0. The van der Waals surface area contributed by atoms with Gasteiger partial charge < -0.3 is 29.9 Å². The Morgan fingerprint density at radius 2 is 1.95 bits per heavy atom. The van der Waals surface area contributed by atoms with Crippen LogP contribution < -0.4 is 20.3 Å². The number of nitrogens with zero attached hydrogens (tertiary/aromatic N) is 6. The van der Waals surface area contributed by atoms with Crippen molar-refractivity contribution >= 4 is 28.4 Å². The first-order valence-electron chi connectivity index (χ1n) is 15.0. The van der Waals surface area contributed by atoms with Gasteiger partial charge in [0, 0.05) is 61.1 Å². The predicted octanol–water partition coefficient (Wildman–Crippen LogP) is 4.18. The maximum Gasteiger partial charge on any atom is 0.404 e. The molecule has 1 unspecified atom stereocenters. The van der Waals surface area contributed by atoms with E-state index in [4.69, 9.17) is 25.2 Å². The second-order valence-electron chi connectivity index (χ2n) is 11.8. The quantitative estimate of drug-likeness (QED) is 0.447. The van der Waals surface area contributed by atoms with Crippen LogP contribution in [0.15, 0.2) is 36.4 Å². The number of benzene rings is 2. The number of nitriles is 1. The number of nitrogens with two attached hydrogens (primary N) is 1. The zero-order valence-corrected chi connectivity index (χ0v) is 24.5. The van der Waals surface area contributed by atoms with Crippen molar-refractivity contribution in [1.82, 2.24) is 14.9 Å². The molecule has 2 saturated heterocycles. The van der Waals surface area contributed by atoms with Crippen LogP contribution in [0.1, 0.15) is 42.5 Å². The van der Waals surface area contributed by atoms with E-state index in [2.05, 4.69) is 71.1 Å². The third-order valence-corrected chi connectivity index (χ3v) is 9.12. The molecule has 3 aliphatic rings. The van der Waals surface area contributed by atoms with Gasteiger partial charge in [-0.3, -0.25) is 0 Å². The van der Waals surface area contributed by atoms with Crippen LogP contribution in [0.2, 0.25) is 0 Å². The fourth-order valence-corrected chi connectivity index (χ4v) is 6.87. The van der Waals surface area contributed by atoms with Crippen LogP contribution in [0.3, 0.4) is 0 Å².